The van der Waals surface area contributed by atoms with Crippen molar-refractivity contribution in [2.24, 2.45) is 5.92 Å². The van der Waals surface area contributed by atoms with Crippen molar-refractivity contribution in [1.82, 2.24) is 4.90 Å². The molecule has 0 bridgehead atoms. The van der Waals surface area contributed by atoms with E-state index in [4.69, 9.17) is 5.11 Å². The maximum Gasteiger partial charge on any atom is 0.0468 e. The van der Waals surface area contributed by atoms with E-state index >= 15 is 0 Å². The van der Waals surface area contributed by atoms with Crippen molar-refractivity contribution in [2.45, 2.75) is 46.7 Å². The zero-order valence-corrected chi connectivity index (χ0v) is 9.04. The summed E-state index contributed by atoms with van der Waals surface area (Å²) in [5, 5.41) is 8.92. The Bertz CT molecular complexity index is 104. The Morgan fingerprint density at radius 3 is 1.67 bits per heavy atom. The number of rotatable bonds is 5. The molecule has 0 radical (unpaired) electrons. The molecule has 0 aromatic heterocycles. The van der Waals surface area contributed by atoms with Gasteiger partial charge in [-0.3, -0.25) is 4.90 Å². The van der Waals surface area contributed by atoms with Gasteiger partial charge in [-0.25, -0.2) is 0 Å². The minimum Gasteiger partial charge on any atom is -0.396 e. The van der Waals surface area contributed by atoms with Crippen LogP contribution >= 0.6 is 0 Å². The first-order chi connectivity index (χ1) is 5.49. The number of nitrogens with zero attached hydrogens (tertiary/aromatic N) is 1. The predicted octanol–water partition coefficient (Wildman–Crippen LogP) is 1.73. The molecule has 0 aliphatic rings. The first-order valence-corrected chi connectivity index (χ1v) is 4.85. The van der Waals surface area contributed by atoms with Gasteiger partial charge in [0.2, 0.25) is 0 Å². The van der Waals surface area contributed by atoms with Crippen molar-refractivity contribution >= 4 is 0 Å². The van der Waals surface area contributed by atoms with Crippen molar-refractivity contribution in [3.63, 3.8) is 0 Å². The van der Waals surface area contributed by atoms with E-state index in [0.717, 1.165) is 6.54 Å². The molecule has 0 spiro atoms. The quantitative estimate of drug-likeness (QED) is 0.684. The highest BCUT2D eigenvalue weighted by atomic mass is 16.3. The molecule has 0 fully saturated rings. The first kappa shape index (κ1) is 11.9. The third kappa shape index (κ3) is 4.07. The lowest BCUT2D eigenvalue weighted by Crippen LogP contribution is -2.40. The van der Waals surface area contributed by atoms with Crippen LogP contribution < -0.4 is 0 Å². The monoisotopic (exact) mass is 173 g/mol. The van der Waals surface area contributed by atoms with Crippen molar-refractivity contribution < 1.29 is 5.11 Å². The molecule has 0 unspecified atom stereocenters. The molecule has 0 aliphatic heterocycles. The summed E-state index contributed by atoms with van der Waals surface area (Å²) in [5.41, 5.74) is 0. The Morgan fingerprint density at radius 2 is 1.42 bits per heavy atom. The second-order valence-electron chi connectivity index (χ2n) is 4.17. The van der Waals surface area contributed by atoms with Gasteiger partial charge in [0.1, 0.15) is 0 Å². The molecule has 1 atom stereocenters. The van der Waals surface area contributed by atoms with E-state index in [9.17, 15) is 0 Å². The minimum absolute atomic E-state index is 0.288. The van der Waals surface area contributed by atoms with Gasteiger partial charge in [0.05, 0.1) is 0 Å². The number of aliphatic hydroxyl groups is 1. The first-order valence-electron chi connectivity index (χ1n) is 4.85. The molecule has 0 aromatic rings. The molecular weight excluding hydrogens is 150 g/mol. The van der Waals surface area contributed by atoms with Gasteiger partial charge in [-0.15, -0.1) is 0 Å². The van der Waals surface area contributed by atoms with Gasteiger partial charge in [-0.2, -0.15) is 0 Å². The van der Waals surface area contributed by atoms with E-state index in [1.807, 2.05) is 0 Å². The maximum absolute atomic E-state index is 8.92. The van der Waals surface area contributed by atoms with Crippen molar-refractivity contribution in [3.05, 3.63) is 0 Å². The Labute approximate surface area is 76.6 Å². The lowest BCUT2D eigenvalue weighted by molar-refractivity contribution is 0.121. The molecule has 2 nitrogen and oxygen atoms in total. The van der Waals surface area contributed by atoms with Gasteiger partial charge in [0.15, 0.2) is 0 Å². The van der Waals surface area contributed by atoms with Crippen molar-refractivity contribution in [3.8, 4) is 0 Å². The zero-order chi connectivity index (χ0) is 9.72. The summed E-state index contributed by atoms with van der Waals surface area (Å²) in [4.78, 5) is 2.40. The van der Waals surface area contributed by atoms with Gasteiger partial charge in [0, 0.05) is 25.2 Å². The molecule has 0 saturated carbocycles. The number of hydrogen-bond acceptors (Lipinski definition) is 2. The molecule has 0 aliphatic carbocycles. The van der Waals surface area contributed by atoms with Crippen LogP contribution in [0.1, 0.15) is 34.6 Å². The summed E-state index contributed by atoms with van der Waals surface area (Å²) >= 11 is 0. The van der Waals surface area contributed by atoms with E-state index in [0.29, 0.717) is 18.0 Å². The second-order valence-corrected chi connectivity index (χ2v) is 4.17. The fourth-order valence-electron chi connectivity index (χ4n) is 1.44. The highest BCUT2D eigenvalue weighted by Crippen LogP contribution is 2.08. The molecule has 1 N–H and O–H groups in total. The second kappa shape index (κ2) is 5.55. The molecule has 0 saturated heterocycles. The minimum atomic E-state index is 0.288. The van der Waals surface area contributed by atoms with Crippen LogP contribution in [0.15, 0.2) is 0 Å². The summed E-state index contributed by atoms with van der Waals surface area (Å²) in [7, 11) is 0. The Hall–Kier alpha value is -0.0800. The Kier molecular flexibility index (Phi) is 5.51. The van der Waals surface area contributed by atoms with Gasteiger partial charge in [-0.1, -0.05) is 6.92 Å². The number of aliphatic hydroxyl groups excluding tert-OH is 1. The molecule has 12 heavy (non-hydrogen) atoms. The SMILES string of the molecule is CC(C)N(C[C@H](C)CO)C(C)C. The van der Waals surface area contributed by atoms with Gasteiger partial charge >= 0.3 is 0 Å². The van der Waals surface area contributed by atoms with E-state index in [-0.39, 0.29) is 6.61 Å². The molecule has 0 aromatic carbocycles. The van der Waals surface area contributed by atoms with Crippen molar-refractivity contribution in [2.75, 3.05) is 13.2 Å². The smallest absolute Gasteiger partial charge is 0.0468 e. The Morgan fingerprint density at radius 1 is 1.00 bits per heavy atom. The van der Waals surface area contributed by atoms with Crippen LogP contribution in [-0.2, 0) is 0 Å². The lowest BCUT2D eigenvalue weighted by Gasteiger charge is -2.32. The lowest BCUT2D eigenvalue weighted by atomic mass is 10.1. The van der Waals surface area contributed by atoms with Crippen LogP contribution in [-0.4, -0.2) is 35.2 Å². The molecular formula is C10H23NO. The molecule has 0 heterocycles. The third-order valence-corrected chi connectivity index (χ3v) is 2.16. The summed E-state index contributed by atoms with van der Waals surface area (Å²) < 4.78 is 0. The summed E-state index contributed by atoms with van der Waals surface area (Å²) in [6.07, 6.45) is 0. The molecule has 74 valence electrons. The van der Waals surface area contributed by atoms with Crippen LogP contribution in [0.2, 0.25) is 0 Å². The third-order valence-electron chi connectivity index (χ3n) is 2.16. The molecule has 2 heteroatoms. The highest BCUT2D eigenvalue weighted by Gasteiger charge is 2.15. The molecule has 0 rings (SSSR count). The average Bonchev–Trinajstić information content (AvgIpc) is 1.98. The number of hydrogen-bond donors (Lipinski definition) is 1. The average molecular weight is 173 g/mol. The largest absolute Gasteiger partial charge is 0.396 e. The highest BCUT2D eigenvalue weighted by molar-refractivity contribution is 4.69. The van der Waals surface area contributed by atoms with Crippen molar-refractivity contribution in [1.29, 1.82) is 0 Å². The summed E-state index contributed by atoms with van der Waals surface area (Å²) in [6.45, 7) is 12.2. The fourth-order valence-corrected chi connectivity index (χ4v) is 1.44. The van der Waals surface area contributed by atoms with Crippen LogP contribution in [0, 0.1) is 5.92 Å². The van der Waals surface area contributed by atoms with E-state index < -0.39 is 0 Å². The topological polar surface area (TPSA) is 23.5 Å². The van der Waals surface area contributed by atoms with Gasteiger partial charge in [-0.05, 0) is 33.6 Å². The van der Waals surface area contributed by atoms with Crippen LogP contribution in [0.4, 0.5) is 0 Å². The van der Waals surface area contributed by atoms with E-state index in [1.165, 1.54) is 0 Å². The van der Waals surface area contributed by atoms with Crippen LogP contribution in [0.25, 0.3) is 0 Å². The summed E-state index contributed by atoms with van der Waals surface area (Å²) in [5.74, 6) is 0.384. The predicted molar refractivity (Wildman–Crippen MR) is 53.2 cm³/mol. The van der Waals surface area contributed by atoms with Gasteiger partial charge < -0.3 is 5.11 Å². The van der Waals surface area contributed by atoms with E-state index in [1.54, 1.807) is 0 Å². The summed E-state index contributed by atoms with van der Waals surface area (Å²) in [6, 6.07) is 1.14. The van der Waals surface area contributed by atoms with E-state index in [2.05, 4.69) is 39.5 Å². The standard InChI is InChI=1S/C10H23NO/c1-8(2)11(9(3)4)6-10(5)7-12/h8-10,12H,6-7H2,1-5H3/t10-/m0/s1. The fraction of sp³-hybridized carbons (Fsp3) is 1.00. The van der Waals surface area contributed by atoms with Gasteiger partial charge in [0.25, 0.3) is 0 Å². The van der Waals surface area contributed by atoms with Crippen LogP contribution in [0.3, 0.4) is 0 Å². The Balaban J connectivity index is 3.95. The normalized spacial score (nSPS) is 14.8. The van der Waals surface area contributed by atoms with Crippen LogP contribution in [0.5, 0.6) is 0 Å². The maximum atomic E-state index is 8.92. The zero-order valence-electron chi connectivity index (χ0n) is 9.04. The molecule has 0 amide bonds.